The molecule has 1 aromatic heterocycles. The molecular weight excluding hydrogens is 291 g/mol. The van der Waals surface area contributed by atoms with Gasteiger partial charge in [-0.3, -0.25) is 4.79 Å². The number of tetrazole rings is 1. The van der Waals surface area contributed by atoms with Crippen LogP contribution in [0.4, 0.5) is 13.2 Å². The number of nitrogens with one attached hydrogen (secondary N) is 1. The molecule has 1 unspecified atom stereocenters. The first-order chi connectivity index (χ1) is 9.88. The van der Waals surface area contributed by atoms with Crippen molar-refractivity contribution in [1.29, 1.82) is 0 Å². The maximum absolute atomic E-state index is 12.1. The van der Waals surface area contributed by atoms with Gasteiger partial charge in [0.1, 0.15) is 6.33 Å². The van der Waals surface area contributed by atoms with E-state index in [0.717, 1.165) is 0 Å². The number of aromatic nitrogens is 4. The van der Waals surface area contributed by atoms with E-state index in [9.17, 15) is 18.0 Å². The molecule has 2 aromatic rings. The molecule has 1 atom stereocenters. The Morgan fingerprint density at radius 1 is 1.33 bits per heavy atom. The molecule has 0 spiro atoms. The maximum Gasteiger partial charge on any atom is 0.416 e. The molecule has 2 N–H and O–H groups in total. The minimum atomic E-state index is -4.77. The Morgan fingerprint density at radius 2 is 2.00 bits per heavy atom. The summed E-state index contributed by atoms with van der Waals surface area (Å²) in [5, 5.41) is 21.3. The summed E-state index contributed by atoms with van der Waals surface area (Å²) < 4.78 is 37.6. The average Bonchev–Trinajstić information content (AvgIpc) is 2.97. The molecule has 10 heteroatoms. The van der Waals surface area contributed by atoms with E-state index in [1.54, 1.807) is 0 Å². The molecular formula is C11H10F3N5O2. The molecule has 7 nitrogen and oxygen atoms in total. The fraction of sp³-hybridized carbons (Fsp3) is 0.273. The molecule has 0 aliphatic heterocycles. The first-order valence-corrected chi connectivity index (χ1v) is 5.74. The van der Waals surface area contributed by atoms with E-state index in [2.05, 4.69) is 15.5 Å². The van der Waals surface area contributed by atoms with E-state index < -0.39 is 24.7 Å². The van der Waals surface area contributed by atoms with E-state index in [0.29, 0.717) is 5.69 Å². The number of hydrogen-bond donors (Lipinski definition) is 2. The van der Waals surface area contributed by atoms with Crippen LogP contribution in [0, 0.1) is 0 Å². The summed E-state index contributed by atoms with van der Waals surface area (Å²) in [6.45, 7) is -0.906. The summed E-state index contributed by atoms with van der Waals surface area (Å²) in [4.78, 5) is 11.6. The summed E-state index contributed by atoms with van der Waals surface area (Å²) in [7, 11) is 0. The lowest BCUT2D eigenvalue weighted by atomic mass is 10.2. The molecule has 2 rings (SSSR count). The number of nitrogens with zero attached hydrogens (tertiary/aromatic N) is 4. The predicted octanol–water partition coefficient (Wildman–Crippen LogP) is 0.315. The third-order valence-electron chi connectivity index (χ3n) is 2.58. The lowest BCUT2D eigenvalue weighted by molar-refractivity contribution is -0.201. The van der Waals surface area contributed by atoms with Crippen LogP contribution in [0.15, 0.2) is 30.6 Å². The number of aliphatic hydroxyl groups excluding tert-OH is 1. The summed E-state index contributed by atoms with van der Waals surface area (Å²) in [5.41, 5.74) is 0.744. The fourth-order valence-electron chi connectivity index (χ4n) is 1.45. The van der Waals surface area contributed by atoms with Crippen molar-refractivity contribution < 1.29 is 23.1 Å². The van der Waals surface area contributed by atoms with Crippen molar-refractivity contribution in [1.82, 2.24) is 25.5 Å². The van der Waals surface area contributed by atoms with Crippen molar-refractivity contribution in [2.45, 2.75) is 12.3 Å². The van der Waals surface area contributed by atoms with Gasteiger partial charge >= 0.3 is 6.18 Å². The van der Waals surface area contributed by atoms with E-state index in [1.165, 1.54) is 35.3 Å². The van der Waals surface area contributed by atoms with E-state index >= 15 is 0 Å². The minimum Gasteiger partial charge on any atom is -0.382 e. The van der Waals surface area contributed by atoms with Crippen molar-refractivity contribution >= 4 is 5.91 Å². The van der Waals surface area contributed by atoms with Crippen molar-refractivity contribution in [3.63, 3.8) is 0 Å². The SMILES string of the molecule is O=C(NCC(O)C(F)(F)F)c1ccc(-n2cnnn2)cc1. The second kappa shape index (κ2) is 5.87. The zero-order valence-corrected chi connectivity index (χ0v) is 10.4. The molecule has 21 heavy (non-hydrogen) atoms. The van der Waals surface area contributed by atoms with E-state index in [1.807, 2.05) is 5.32 Å². The summed E-state index contributed by atoms with van der Waals surface area (Å²) in [5.74, 6) is -0.721. The molecule has 0 aliphatic carbocycles. The van der Waals surface area contributed by atoms with Gasteiger partial charge in [0, 0.05) is 5.56 Å². The Labute approximate surface area is 116 Å². The molecule has 0 fully saturated rings. The maximum atomic E-state index is 12.1. The van der Waals surface area contributed by atoms with Gasteiger partial charge in [-0.1, -0.05) is 0 Å². The summed E-state index contributed by atoms with van der Waals surface area (Å²) >= 11 is 0. The number of aliphatic hydroxyl groups is 1. The summed E-state index contributed by atoms with van der Waals surface area (Å²) in [6.07, 6.45) is -6.01. The standard InChI is InChI=1S/C11H10F3N5O2/c12-11(13,14)9(20)5-15-10(21)7-1-3-8(4-2-7)19-6-16-17-18-19/h1-4,6,9,20H,5H2,(H,15,21). The molecule has 1 heterocycles. The van der Waals surface area contributed by atoms with Crippen LogP contribution in [0.3, 0.4) is 0 Å². The first-order valence-electron chi connectivity index (χ1n) is 5.74. The van der Waals surface area contributed by atoms with Crippen LogP contribution in [0.1, 0.15) is 10.4 Å². The Kier molecular flexibility index (Phi) is 4.17. The van der Waals surface area contributed by atoms with Crippen LogP contribution < -0.4 is 5.32 Å². The van der Waals surface area contributed by atoms with Gasteiger partial charge in [0.15, 0.2) is 6.10 Å². The van der Waals surface area contributed by atoms with Gasteiger partial charge in [-0.2, -0.15) is 13.2 Å². The van der Waals surface area contributed by atoms with Gasteiger partial charge in [-0.05, 0) is 34.7 Å². The van der Waals surface area contributed by atoms with Gasteiger partial charge in [0.2, 0.25) is 0 Å². The topological polar surface area (TPSA) is 92.9 Å². The molecule has 0 bridgehead atoms. The molecule has 0 radical (unpaired) electrons. The van der Waals surface area contributed by atoms with Crippen LogP contribution >= 0.6 is 0 Å². The number of rotatable bonds is 4. The van der Waals surface area contributed by atoms with Crippen molar-refractivity contribution in [3.8, 4) is 5.69 Å². The van der Waals surface area contributed by atoms with Crippen molar-refractivity contribution in [3.05, 3.63) is 36.2 Å². The molecule has 0 saturated carbocycles. The molecule has 1 aromatic carbocycles. The third-order valence-corrected chi connectivity index (χ3v) is 2.58. The van der Waals surface area contributed by atoms with Crippen LogP contribution in [0.5, 0.6) is 0 Å². The Bertz CT molecular complexity index is 597. The molecule has 0 saturated heterocycles. The Morgan fingerprint density at radius 3 is 2.52 bits per heavy atom. The minimum absolute atomic E-state index is 0.154. The first kappa shape index (κ1) is 14.9. The van der Waals surface area contributed by atoms with Gasteiger partial charge in [-0.15, -0.1) is 5.10 Å². The second-order valence-corrected chi connectivity index (χ2v) is 4.07. The number of carbonyl (C=O) groups excluding carboxylic acids is 1. The smallest absolute Gasteiger partial charge is 0.382 e. The lowest BCUT2D eigenvalue weighted by Gasteiger charge is -2.15. The highest BCUT2D eigenvalue weighted by molar-refractivity contribution is 5.94. The average molecular weight is 301 g/mol. The number of hydrogen-bond acceptors (Lipinski definition) is 5. The molecule has 1 amide bonds. The van der Waals surface area contributed by atoms with Gasteiger partial charge in [0.25, 0.3) is 5.91 Å². The highest BCUT2D eigenvalue weighted by Gasteiger charge is 2.38. The lowest BCUT2D eigenvalue weighted by Crippen LogP contribution is -2.40. The predicted molar refractivity (Wildman–Crippen MR) is 63.5 cm³/mol. The monoisotopic (exact) mass is 301 g/mol. The van der Waals surface area contributed by atoms with Gasteiger partial charge in [-0.25, -0.2) is 4.68 Å². The normalized spacial score (nSPS) is 13.0. The fourth-order valence-corrected chi connectivity index (χ4v) is 1.45. The quantitative estimate of drug-likeness (QED) is 0.848. The largest absolute Gasteiger partial charge is 0.416 e. The number of carbonyl (C=O) groups is 1. The van der Waals surface area contributed by atoms with Crippen LogP contribution in [-0.4, -0.2) is 50.0 Å². The zero-order valence-electron chi connectivity index (χ0n) is 10.4. The van der Waals surface area contributed by atoms with Crippen LogP contribution in [0.25, 0.3) is 5.69 Å². The Hall–Kier alpha value is -2.49. The number of benzene rings is 1. The second-order valence-electron chi connectivity index (χ2n) is 4.07. The Balaban J connectivity index is 1.97. The van der Waals surface area contributed by atoms with Crippen molar-refractivity contribution in [2.75, 3.05) is 6.54 Å². The highest BCUT2D eigenvalue weighted by Crippen LogP contribution is 2.19. The summed E-state index contributed by atoms with van der Waals surface area (Å²) in [6, 6.07) is 5.88. The zero-order chi connectivity index (χ0) is 15.5. The van der Waals surface area contributed by atoms with Crippen LogP contribution in [0.2, 0.25) is 0 Å². The van der Waals surface area contributed by atoms with Gasteiger partial charge in [0.05, 0.1) is 12.2 Å². The van der Waals surface area contributed by atoms with Gasteiger partial charge < -0.3 is 10.4 Å². The van der Waals surface area contributed by atoms with Crippen molar-refractivity contribution in [2.24, 2.45) is 0 Å². The van der Waals surface area contributed by atoms with E-state index in [4.69, 9.17) is 5.11 Å². The molecule has 0 aliphatic rings. The number of halogens is 3. The van der Waals surface area contributed by atoms with Crippen LogP contribution in [-0.2, 0) is 0 Å². The highest BCUT2D eigenvalue weighted by atomic mass is 19.4. The van der Waals surface area contributed by atoms with E-state index in [-0.39, 0.29) is 5.56 Å². The third kappa shape index (κ3) is 3.75. The number of alkyl halides is 3. The number of amides is 1. The molecule has 112 valence electrons.